The molecule has 0 saturated carbocycles. The van der Waals surface area contributed by atoms with Crippen LogP contribution in [0.15, 0.2) is 18.2 Å². The zero-order chi connectivity index (χ0) is 16.3. The van der Waals surface area contributed by atoms with E-state index in [1.165, 1.54) is 6.07 Å². The normalized spacial score (nSPS) is 13.5. The summed E-state index contributed by atoms with van der Waals surface area (Å²) in [5.41, 5.74) is 0.658. The zero-order valence-corrected chi connectivity index (χ0v) is 13.5. The summed E-state index contributed by atoms with van der Waals surface area (Å²) >= 11 is 5.86. The van der Waals surface area contributed by atoms with Gasteiger partial charge in [-0.2, -0.15) is 0 Å². The number of rotatable bonds is 6. The van der Waals surface area contributed by atoms with Crippen LogP contribution in [0.1, 0.15) is 46.9 Å². The van der Waals surface area contributed by atoms with Crippen molar-refractivity contribution in [3.63, 3.8) is 0 Å². The van der Waals surface area contributed by atoms with Gasteiger partial charge in [0.15, 0.2) is 0 Å². The van der Waals surface area contributed by atoms with Crippen LogP contribution in [-0.4, -0.2) is 47.7 Å². The molecule has 0 aromatic heterocycles. The summed E-state index contributed by atoms with van der Waals surface area (Å²) in [4.78, 5) is 39.2. The second-order valence-corrected chi connectivity index (χ2v) is 5.81. The number of hydrogen-bond donors (Lipinski definition) is 0. The minimum absolute atomic E-state index is 0.0666. The Morgan fingerprint density at radius 3 is 2.59 bits per heavy atom. The van der Waals surface area contributed by atoms with Crippen molar-refractivity contribution in [2.45, 2.75) is 26.2 Å². The first-order valence-electron chi connectivity index (χ1n) is 7.35. The Hall–Kier alpha value is -1.88. The highest BCUT2D eigenvalue weighted by atomic mass is 35.5. The highest BCUT2D eigenvalue weighted by Gasteiger charge is 2.35. The molecule has 2 rings (SSSR count). The molecule has 1 aromatic rings. The van der Waals surface area contributed by atoms with E-state index in [4.69, 9.17) is 11.6 Å². The molecular formula is C16H19ClN2O3. The van der Waals surface area contributed by atoms with E-state index in [9.17, 15) is 14.4 Å². The molecule has 5 nitrogen and oxygen atoms in total. The predicted molar refractivity (Wildman–Crippen MR) is 84.0 cm³/mol. The van der Waals surface area contributed by atoms with Crippen LogP contribution in [0.2, 0.25) is 5.02 Å². The largest absolute Gasteiger partial charge is 0.346 e. The summed E-state index contributed by atoms with van der Waals surface area (Å²) in [7, 11) is 1.74. The van der Waals surface area contributed by atoms with Gasteiger partial charge in [0.05, 0.1) is 11.1 Å². The summed E-state index contributed by atoms with van der Waals surface area (Å²) in [5, 5.41) is 0.414. The van der Waals surface area contributed by atoms with Gasteiger partial charge in [0.25, 0.3) is 11.8 Å². The van der Waals surface area contributed by atoms with Gasteiger partial charge in [-0.05, 0) is 24.6 Å². The maximum absolute atomic E-state index is 12.2. The second kappa shape index (κ2) is 6.92. The lowest BCUT2D eigenvalue weighted by Gasteiger charge is -2.19. The Bertz CT molecular complexity index is 615. The summed E-state index contributed by atoms with van der Waals surface area (Å²) in [6.45, 7) is 2.84. The van der Waals surface area contributed by atoms with Gasteiger partial charge in [0.2, 0.25) is 5.91 Å². The Kier molecular flexibility index (Phi) is 5.19. The van der Waals surface area contributed by atoms with E-state index in [1.54, 1.807) is 24.1 Å². The van der Waals surface area contributed by atoms with Gasteiger partial charge in [-0.15, -0.1) is 0 Å². The minimum Gasteiger partial charge on any atom is -0.346 e. The van der Waals surface area contributed by atoms with Crippen molar-refractivity contribution in [3.05, 3.63) is 34.3 Å². The van der Waals surface area contributed by atoms with E-state index in [0.717, 1.165) is 17.7 Å². The summed E-state index contributed by atoms with van der Waals surface area (Å²) < 4.78 is 0. The molecule has 0 radical (unpaired) electrons. The standard InChI is InChI=1S/C16H19ClN2O3/c1-3-4-8-18(2)14(20)7-9-19-15(21)12-6-5-11(17)10-13(12)16(19)22/h5-6,10H,3-4,7-9H2,1-2H3. The molecule has 0 N–H and O–H groups in total. The van der Waals surface area contributed by atoms with Crippen LogP contribution >= 0.6 is 11.6 Å². The number of halogens is 1. The number of fused-ring (bicyclic) bond motifs is 1. The number of hydrogen-bond acceptors (Lipinski definition) is 3. The van der Waals surface area contributed by atoms with E-state index in [0.29, 0.717) is 22.7 Å². The molecule has 1 aliphatic heterocycles. The molecule has 0 aliphatic carbocycles. The van der Waals surface area contributed by atoms with Gasteiger partial charge >= 0.3 is 0 Å². The van der Waals surface area contributed by atoms with Crippen LogP contribution in [0.3, 0.4) is 0 Å². The van der Waals surface area contributed by atoms with E-state index in [1.807, 2.05) is 0 Å². The SMILES string of the molecule is CCCCN(C)C(=O)CCN1C(=O)c2ccc(Cl)cc2C1=O. The summed E-state index contributed by atoms with van der Waals surface area (Å²) in [6, 6.07) is 4.62. The number of imide groups is 1. The fourth-order valence-electron chi connectivity index (χ4n) is 2.38. The van der Waals surface area contributed by atoms with Crippen molar-refractivity contribution in [1.29, 1.82) is 0 Å². The third-order valence-electron chi connectivity index (χ3n) is 3.75. The molecule has 1 aromatic carbocycles. The molecule has 22 heavy (non-hydrogen) atoms. The first-order valence-corrected chi connectivity index (χ1v) is 7.73. The molecule has 0 atom stereocenters. The molecule has 0 saturated heterocycles. The van der Waals surface area contributed by atoms with Gasteiger partial charge < -0.3 is 4.90 Å². The fraction of sp³-hybridized carbons (Fsp3) is 0.438. The summed E-state index contributed by atoms with van der Waals surface area (Å²) in [6.07, 6.45) is 2.09. The van der Waals surface area contributed by atoms with E-state index in [2.05, 4.69) is 6.92 Å². The Balaban J connectivity index is 1.99. The molecule has 3 amide bonds. The number of carbonyl (C=O) groups is 3. The first-order chi connectivity index (χ1) is 10.5. The van der Waals surface area contributed by atoms with Crippen LogP contribution < -0.4 is 0 Å². The van der Waals surface area contributed by atoms with Gasteiger partial charge in [0, 0.05) is 31.6 Å². The van der Waals surface area contributed by atoms with Crippen LogP contribution in [0, 0.1) is 0 Å². The molecule has 0 unspecified atom stereocenters. The fourth-order valence-corrected chi connectivity index (χ4v) is 2.56. The molecule has 0 spiro atoms. The van der Waals surface area contributed by atoms with Crippen molar-refractivity contribution in [2.24, 2.45) is 0 Å². The second-order valence-electron chi connectivity index (χ2n) is 5.37. The zero-order valence-electron chi connectivity index (χ0n) is 12.8. The Morgan fingerprint density at radius 1 is 1.23 bits per heavy atom. The predicted octanol–water partition coefficient (Wildman–Crippen LogP) is 2.58. The molecule has 1 heterocycles. The monoisotopic (exact) mass is 322 g/mol. The molecule has 1 aliphatic rings. The van der Waals surface area contributed by atoms with Gasteiger partial charge in [-0.1, -0.05) is 24.9 Å². The molecular weight excluding hydrogens is 304 g/mol. The van der Waals surface area contributed by atoms with Crippen LogP contribution in [0.25, 0.3) is 0 Å². The van der Waals surface area contributed by atoms with Crippen molar-refractivity contribution >= 4 is 29.3 Å². The number of benzene rings is 1. The van der Waals surface area contributed by atoms with Gasteiger partial charge in [-0.3, -0.25) is 19.3 Å². The number of nitrogens with zero attached hydrogens (tertiary/aromatic N) is 2. The topological polar surface area (TPSA) is 57.7 Å². The van der Waals surface area contributed by atoms with Crippen LogP contribution in [0.4, 0.5) is 0 Å². The highest BCUT2D eigenvalue weighted by Crippen LogP contribution is 2.25. The number of unbranched alkanes of at least 4 members (excludes halogenated alkanes) is 1. The lowest BCUT2D eigenvalue weighted by Crippen LogP contribution is -2.35. The summed E-state index contributed by atoms with van der Waals surface area (Å²) in [5.74, 6) is -0.810. The van der Waals surface area contributed by atoms with Gasteiger partial charge in [-0.25, -0.2) is 0 Å². The lowest BCUT2D eigenvalue weighted by molar-refractivity contribution is -0.130. The van der Waals surface area contributed by atoms with E-state index >= 15 is 0 Å². The quantitative estimate of drug-likeness (QED) is 0.756. The molecule has 6 heteroatoms. The number of amides is 3. The smallest absolute Gasteiger partial charge is 0.261 e. The van der Waals surface area contributed by atoms with E-state index < -0.39 is 0 Å². The maximum Gasteiger partial charge on any atom is 0.261 e. The van der Waals surface area contributed by atoms with Crippen molar-refractivity contribution in [2.75, 3.05) is 20.1 Å². The van der Waals surface area contributed by atoms with E-state index in [-0.39, 0.29) is 30.7 Å². The average Bonchev–Trinajstić information content (AvgIpc) is 2.73. The highest BCUT2D eigenvalue weighted by molar-refractivity contribution is 6.32. The minimum atomic E-state index is -0.383. The molecule has 0 fully saturated rings. The lowest BCUT2D eigenvalue weighted by atomic mass is 10.1. The van der Waals surface area contributed by atoms with Gasteiger partial charge in [0.1, 0.15) is 0 Å². The Labute approximate surface area is 134 Å². The van der Waals surface area contributed by atoms with Crippen molar-refractivity contribution in [1.82, 2.24) is 9.80 Å². The van der Waals surface area contributed by atoms with Crippen LogP contribution in [0.5, 0.6) is 0 Å². The average molecular weight is 323 g/mol. The third kappa shape index (κ3) is 3.30. The van der Waals surface area contributed by atoms with Crippen molar-refractivity contribution < 1.29 is 14.4 Å². The number of carbonyl (C=O) groups excluding carboxylic acids is 3. The third-order valence-corrected chi connectivity index (χ3v) is 3.99. The van der Waals surface area contributed by atoms with Crippen molar-refractivity contribution in [3.8, 4) is 0 Å². The molecule has 118 valence electrons. The Morgan fingerprint density at radius 2 is 1.91 bits per heavy atom. The maximum atomic E-state index is 12.2. The molecule has 0 bridgehead atoms. The first kappa shape index (κ1) is 16.5. The van der Waals surface area contributed by atoms with Crippen LogP contribution in [-0.2, 0) is 4.79 Å².